The van der Waals surface area contributed by atoms with Gasteiger partial charge in [0.1, 0.15) is 0 Å². The molecule has 0 saturated carbocycles. The number of piperidine rings is 1. The second kappa shape index (κ2) is 7.95. The monoisotopic (exact) mass is 348 g/mol. The van der Waals surface area contributed by atoms with Crippen LogP contribution in [-0.2, 0) is 17.9 Å². The van der Waals surface area contributed by atoms with E-state index in [0.717, 1.165) is 42.4 Å². The molecule has 0 spiro atoms. The highest BCUT2D eigenvalue weighted by Gasteiger charge is 2.24. The molecule has 122 valence electrons. The summed E-state index contributed by atoms with van der Waals surface area (Å²) in [6, 6.07) is 14.1. The van der Waals surface area contributed by atoms with Gasteiger partial charge in [-0.05, 0) is 43.6 Å². The predicted molar refractivity (Wildman–Crippen MR) is 95.6 cm³/mol. The molecule has 0 aliphatic carbocycles. The SMILES string of the molecule is O=C(NCc1ccccc1)C1CCN(Cc2ccc(Cl)s2)CC1. The minimum Gasteiger partial charge on any atom is -0.352 e. The molecule has 1 saturated heterocycles. The van der Waals surface area contributed by atoms with Crippen molar-refractivity contribution >= 4 is 28.8 Å². The Morgan fingerprint density at radius 3 is 2.57 bits per heavy atom. The molecule has 0 atom stereocenters. The van der Waals surface area contributed by atoms with Crippen LogP contribution in [0, 0.1) is 5.92 Å². The maximum atomic E-state index is 12.3. The molecule has 2 aromatic rings. The summed E-state index contributed by atoms with van der Waals surface area (Å²) in [5, 5.41) is 3.06. The number of likely N-dealkylation sites (tertiary alicyclic amines) is 1. The first kappa shape index (κ1) is 16.5. The highest BCUT2D eigenvalue weighted by atomic mass is 35.5. The molecule has 1 aliphatic heterocycles. The molecule has 3 nitrogen and oxygen atoms in total. The van der Waals surface area contributed by atoms with Gasteiger partial charge in [-0.3, -0.25) is 9.69 Å². The lowest BCUT2D eigenvalue weighted by Gasteiger charge is -2.30. The normalized spacial score (nSPS) is 16.4. The molecule has 3 rings (SSSR count). The fourth-order valence-electron chi connectivity index (χ4n) is 2.94. The number of thiophene rings is 1. The minimum atomic E-state index is 0.141. The van der Waals surface area contributed by atoms with Gasteiger partial charge in [-0.15, -0.1) is 11.3 Å². The van der Waals surface area contributed by atoms with Crippen LogP contribution in [0.2, 0.25) is 4.34 Å². The van der Waals surface area contributed by atoms with Gasteiger partial charge >= 0.3 is 0 Å². The first-order chi connectivity index (χ1) is 11.2. The van der Waals surface area contributed by atoms with Crippen LogP contribution in [0.1, 0.15) is 23.3 Å². The molecular formula is C18H21ClN2OS. The average molecular weight is 349 g/mol. The largest absolute Gasteiger partial charge is 0.352 e. The third kappa shape index (κ3) is 4.80. The average Bonchev–Trinajstić information content (AvgIpc) is 2.99. The number of rotatable bonds is 5. The minimum absolute atomic E-state index is 0.141. The third-order valence-electron chi connectivity index (χ3n) is 4.28. The summed E-state index contributed by atoms with van der Waals surface area (Å²) in [6.07, 6.45) is 1.86. The molecule has 1 aromatic heterocycles. The molecule has 1 aromatic carbocycles. The molecule has 2 heterocycles. The number of hydrogen-bond donors (Lipinski definition) is 1. The second-order valence-electron chi connectivity index (χ2n) is 5.96. The molecule has 1 aliphatic rings. The van der Waals surface area contributed by atoms with Crippen molar-refractivity contribution < 1.29 is 4.79 Å². The summed E-state index contributed by atoms with van der Waals surface area (Å²) in [5.41, 5.74) is 1.15. The zero-order valence-corrected chi connectivity index (χ0v) is 14.6. The van der Waals surface area contributed by atoms with Crippen LogP contribution in [0.3, 0.4) is 0 Å². The van der Waals surface area contributed by atoms with E-state index in [4.69, 9.17) is 11.6 Å². The van der Waals surface area contributed by atoms with Gasteiger partial charge in [0.2, 0.25) is 5.91 Å². The maximum absolute atomic E-state index is 12.3. The smallest absolute Gasteiger partial charge is 0.223 e. The van der Waals surface area contributed by atoms with Crippen molar-refractivity contribution in [2.45, 2.75) is 25.9 Å². The van der Waals surface area contributed by atoms with E-state index in [2.05, 4.69) is 16.3 Å². The van der Waals surface area contributed by atoms with Crippen LogP contribution in [0.15, 0.2) is 42.5 Å². The second-order valence-corrected chi connectivity index (χ2v) is 7.76. The molecule has 23 heavy (non-hydrogen) atoms. The lowest BCUT2D eigenvalue weighted by atomic mass is 9.96. The Morgan fingerprint density at radius 2 is 1.91 bits per heavy atom. The third-order valence-corrected chi connectivity index (χ3v) is 5.49. The van der Waals surface area contributed by atoms with Gasteiger partial charge < -0.3 is 5.32 Å². The lowest BCUT2D eigenvalue weighted by Crippen LogP contribution is -2.39. The first-order valence-electron chi connectivity index (χ1n) is 7.99. The van der Waals surface area contributed by atoms with Gasteiger partial charge in [0, 0.05) is 23.9 Å². The van der Waals surface area contributed by atoms with Crippen LogP contribution < -0.4 is 5.32 Å². The number of halogens is 1. The predicted octanol–water partition coefficient (Wildman–Crippen LogP) is 3.93. The first-order valence-corrected chi connectivity index (χ1v) is 9.18. The Bertz CT molecular complexity index is 635. The van der Waals surface area contributed by atoms with Crippen LogP contribution in [0.5, 0.6) is 0 Å². The highest BCUT2D eigenvalue weighted by molar-refractivity contribution is 7.16. The van der Waals surface area contributed by atoms with E-state index in [1.165, 1.54) is 4.88 Å². The van der Waals surface area contributed by atoms with E-state index in [9.17, 15) is 4.79 Å². The van der Waals surface area contributed by atoms with Crippen molar-refractivity contribution in [3.63, 3.8) is 0 Å². The maximum Gasteiger partial charge on any atom is 0.223 e. The summed E-state index contributed by atoms with van der Waals surface area (Å²) < 4.78 is 0.843. The quantitative estimate of drug-likeness (QED) is 0.887. The number of amides is 1. The van der Waals surface area contributed by atoms with Crippen LogP contribution in [0.4, 0.5) is 0 Å². The fourth-order valence-corrected chi connectivity index (χ4v) is 4.07. The van der Waals surface area contributed by atoms with Crippen molar-refractivity contribution in [2.24, 2.45) is 5.92 Å². The van der Waals surface area contributed by atoms with Gasteiger partial charge in [-0.2, -0.15) is 0 Å². The van der Waals surface area contributed by atoms with E-state index in [-0.39, 0.29) is 11.8 Å². The number of carbonyl (C=O) groups is 1. The molecule has 0 bridgehead atoms. The molecule has 0 radical (unpaired) electrons. The number of carbonyl (C=O) groups excluding carboxylic acids is 1. The Balaban J connectivity index is 1.42. The van der Waals surface area contributed by atoms with Crippen LogP contribution in [0.25, 0.3) is 0 Å². The van der Waals surface area contributed by atoms with E-state index in [1.807, 2.05) is 36.4 Å². The van der Waals surface area contributed by atoms with E-state index >= 15 is 0 Å². The Labute approximate surface area is 146 Å². The van der Waals surface area contributed by atoms with Gasteiger partial charge in [0.25, 0.3) is 0 Å². The summed E-state index contributed by atoms with van der Waals surface area (Å²) in [4.78, 5) is 16.0. The zero-order chi connectivity index (χ0) is 16.1. The topological polar surface area (TPSA) is 32.3 Å². The van der Waals surface area contributed by atoms with Gasteiger partial charge in [-0.1, -0.05) is 41.9 Å². The molecule has 1 amide bonds. The molecular weight excluding hydrogens is 328 g/mol. The number of hydrogen-bond acceptors (Lipinski definition) is 3. The fraction of sp³-hybridized carbons (Fsp3) is 0.389. The molecule has 0 unspecified atom stereocenters. The van der Waals surface area contributed by atoms with E-state index in [0.29, 0.717) is 6.54 Å². The number of nitrogens with one attached hydrogen (secondary N) is 1. The number of benzene rings is 1. The summed E-state index contributed by atoms with van der Waals surface area (Å²) in [6.45, 7) is 3.50. The van der Waals surface area contributed by atoms with E-state index in [1.54, 1.807) is 11.3 Å². The molecule has 1 fully saturated rings. The molecule has 1 N–H and O–H groups in total. The van der Waals surface area contributed by atoms with Gasteiger partial charge in [0.15, 0.2) is 0 Å². The van der Waals surface area contributed by atoms with Crippen molar-refractivity contribution in [2.75, 3.05) is 13.1 Å². The van der Waals surface area contributed by atoms with Gasteiger partial charge in [0.05, 0.1) is 4.34 Å². The zero-order valence-electron chi connectivity index (χ0n) is 13.0. The summed E-state index contributed by atoms with van der Waals surface area (Å²) in [7, 11) is 0. The molecule has 5 heteroatoms. The summed E-state index contributed by atoms with van der Waals surface area (Å²) >= 11 is 7.61. The standard InChI is InChI=1S/C18H21ClN2OS/c19-17-7-6-16(23-17)13-21-10-8-15(9-11-21)18(22)20-12-14-4-2-1-3-5-14/h1-7,15H,8-13H2,(H,20,22). The lowest BCUT2D eigenvalue weighted by molar-refractivity contribution is -0.126. The Hall–Kier alpha value is -1.36. The van der Waals surface area contributed by atoms with E-state index < -0.39 is 0 Å². The van der Waals surface area contributed by atoms with Crippen LogP contribution >= 0.6 is 22.9 Å². The van der Waals surface area contributed by atoms with Crippen molar-refractivity contribution in [1.82, 2.24) is 10.2 Å². The van der Waals surface area contributed by atoms with Crippen molar-refractivity contribution in [3.05, 3.63) is 57.2 Å². The Morgan fingerprint density at radius 1 is 1.17 bits per heavy atom. The Kier molecular flexibility index (Phi) is 5.70. The van der Waals surface area contributed by atoms with Crippen LogP contribution in [-0.4, -0.2) is 23.9 Å². The number of nitrogens with zero attached hydrogens (tertiary/aromatic N) is 1. The van der Waals surface area contributed by atoms with Crippen molar-refractivity contribution in [1.29, 1.82) is 0 Å². The van der Waals surface area contributed by atoms with Gasteiger partial charge in [-0.25, -0.2) is 0 Å². The van der Waals surface area contributed by atoms with Crippen molar-refractivity contribution in [3.8, 4) is 0 Å². The summed E-state index contributed by atoms with van der Waals surface area (Å²) in [5.74, 6) is 0.328. The highest BCUT2D eigenvalue weighted by Crippen LogP contribution is 2.25.